The van der Waals surface area contributed by atoms with E-state index >= 15 is 0 Å². The number of ether oxygens (including phenoxy) is 1. The minimum absolute atomic E-state index is 0.528. The molecule has 0 aromatic carbocycles. The van der Waals surface area contributed by atoms with E-state index in [0.717, 1.165) is 0 Å². The fraction of sp³-hybridized carbons (Fsp3) is 0.667. The summed E-state index contributed by atoms with van der Waals surface area (Å²) in [4.78, 5) is 4.22. The van der Waals surface area contributed by atoms with Crippen molar-refractivity contribution in [3.8, 4) is 0 Å². The summed E-state index contributed by atoms with van der Waals surface area (Å²) in [5.74, 6) is -0.690. The SMILES string of the molecule is CC=CC1(C)N=C(C)OC1(C)O. The van der Waals surface area contributed by atoms with Gasteiger partial charge in [-0.05, 0) is 13.8 Å². The molecule has 3 heteroatoms. The van der Waals surface area contributed by atoms with Crippen LogP contribution in [0.15, 0.2) is 17.1 Å². The van der Waals surface area contributed by atoms with Crippen LogP contribution in [0.25, 0.3) is 0 Å². The Labute approximate surface area is 72.8 Å². The van der Waals surface area contributed by atoms with Crippen LogP contribution in [0.5, 0.6) is 0 Å². The average Bonchev–Trinajstić information content (AvgIpc) is 2.02. The van der Waals surface area contributed by atoms with E-state index in [-0.39, 0.29) is 0 Å². The first-order valence-corrected chi connectivity index (χ1v) is 4.03. The van der Waals surface area contributed by atoms with Gasteiger partial charge in [0.15, 0.2) is 5.90 Å². The van der Waals surface area contributed by atoms with Crippen molar-refractivity contribution in [1.29, 1.82) is 0 Å². The predicted octanol–water partition coefficient (Wildman–Crippen LogP) is 1.48. The number of nitrogens with zero attached hydrogens (tertiary/aromatic N) is 1. The van der Waals surface area contributed by atoms with Gasteiger partial charge in [0, 0.05) is 13.8 Å². The Morgan fingerprint density at radius 2 is 2.08 bits per heavy atom. The lowest BCUT2D eigenvalue weighted by Crippen LogP contribution is -2.45. The van der Waals surface area contributed by atoms with Gasteiger partial charge in [-0.3, -0.25) is 0 Å². The molecule has 1 heterocycles. The lowest BCUT2D eigenvalue weighted by atomic mass is 9.93. The highest BCUT2D eigenvalue weighted by Gasteiger charge is 2.48. The Morgan fingerprint density at radius 1 is 1.50 bits per heavy atom. The van der Waals surface area contributed by atoms with Gasteiger partial charge < -0.3 is 9.84 Å². The summed E-state index contributed by atoms with van der Waals surface area (Å²) in [7, 11) is 0. The summed E-state index contributed by atoms with van der Waals surface area (Å²) in [5, 5.41) is 9.83. The van der Waals surface area contributed by atoms with Gasteiger partial charge in [0.25, 0.3) is 0 Å². The van der Waals surface area contributed by atoms with Crippen molar-refractivity contribution in [1.82, 2.24) is 0 Å². The van der Waals surface area contributed by atoms with E-state index < -0.39 is 11.3 Å². The van der Waals surface area contributed by atoms with Crippen LogP contribution in [0.2, 0.25) is 0 Å². The fourth-order valence-electron chi connectivity index (χ4n) is 1.36. The summed E-state index contributed by atoms with van der Waals surface area (Å²) in [6, 6.07) is 0. The van der Waals surface area contributed by atoms with Crippen LogP contribution in [0.3, 0.4) is 0 Å². The molecule has 0 aromatic rings. The van der Waals surface area contributed by atoms with E-state index in [2.05, 4.69) is 4.99 Å². The Hall–Kier alpha value is -0.830. The van der Waals surface area contributed by atoms with E-state index in [1.165, 1.54) is 0 Å². The zero-order valence-electron chi connectivity index (χ0n) is 7.96. The molecule has 0 bridgehead atoms. The van der Waals surface area contributed by atoms with Crippen LogP contribution in [-0.4, -0.2) is 22.3 Å². The van der Waals surface area contributed by atoms with Gasteiger partial charge in [0.2, 0.25) is 5.79 Å². The molecule has 2 atom stereocenters. The largest absolute Gasteiger partial charge is 0.447 e. The summed E-state index contributed by atoms with van der Waals surface area (Å²) in [5.41, 5.74) is -0.647. The highest BCUT2D eigenvalue weighted by molar-refractivity contribution is 5.76. The monoisotopic (exact) mass is 169 g/mol. The van der Waals surface area contributed by atoms with E-state index in [1.54, 1.807) is 13.8 Å². The van der Waals surface area contributed by atoms with Crippen molar-refractivity contribution >= 4 is 5.90 Å². The third-order valence-corrected chi connectivity index (χ3v) is 2.17. The topological polar surface area (TPSA) is 41.8 Å². The summed E-state index contributed by atoms with van der Waals surface area (Å²) in [6.45, 7) is 7.09. The summed E-state index contributed by atoms with van der Waals surface area (Å²) >= 11 is 0. The second-order valence-electron chi connectivity index (χ2n) is 3.36. The molecular weight excluding hydrogens is 154 g/mol. The second-order valence-corrected chi connectivity index (χ2v) is 3.36. The molecule has 0 aliphatic carbocycles. The first-order valence-electron chi connectivity index (χ1n) is 4.03. The van der Waals surface area contributed by atoms with Crippen molar-refractivity contribution < 1.29 is 9.84 Å². The molecule has 1 aliphatic rings. The summed E-state index contributed by atoms with van der Waals surface area (Å²) in [6.07, 6.45) is 3.70. The molecule has 0 saturated heterocycles. The maximum atomic E-state index is 9.83. The van der Waals surface area contributed by atoms with Gasteiger partial charge in [-0.15, -0.1) is 0 Å². The second kappa shape index (κ2) is 2.59. The van der Waals surface area contributed by atoms with E-state index in [1.807, 2.05) is 26.0 Å². The maximum Gasteiger partial charge on any atom is 0.235 e. The maximum absolute atomic E-state index is 9.83. The number of hydrogen-bond donors (Lipinski definition) is 1. The molecule has 2 unspecified atom stereocenters. The molecule has 12 heavy (non-hydrogen) atoms. The van der Waals surface area contributed by atoms with Crippen molar-refractivity contribution in [2.45, 2.75) is 39.0 Å². The van der Waals surface area contributed by atoms with Crippen molar-refractivity contribution in [3.05, 3.63) is 12.2 Å². The molecule has 68 valence electrons. The molecule has 1 aliphatic heterocycles. The Bertz CT molecular complexity index is 243. The number of rotatable bonds is 1. The molecular formula is C9H15NO2. The Balaban J connectivity index is 3.02. The van der Waals surface area contributed by atoms with Crippen molar-refractivity contribution in [2.75, 3.05) is 0 Å². The van der Waals surface area contributed by atoms with Crippen LogP contribution in [0.4, 0.5) is 0 Å². The van der Waals surface area contributed by atoms with Gasteiger partial charge in [-0.2, -0.15) is 0 Å². The van der Waals surface area contributed by atoms with Crippen molar-refractivity contribution in [3.63, 3.8) is 0 Å². The Kier molecular flexibility index (Phi) is 2.00. The van der Waals surface area contributed by atoms with E-state index in [9.17, 15) is 5.11 Å². The van der Waals surface area contributed by atoms with Gasteiger partial charge in [0.05, 0.1) is 0 Å². The number of aliphatic hydroxyl groups is 1. The summed E-state index contributed by atoms with van der Waals surface area (Å²) < 4.78 is 5.17. The molecule has 0 spiro atoms. The molecule has 0 fully saturated rings. The Morgan fingerprint density at radius 3 is 2.42 bits per heavy atom. The first-order chi connectivity index (χ1) is 5.41. The standard InChI is InChI=1S/C9H15NO2/c1-5-6-8(3)9(4,11)12-7(2)10-8/h5-6,11H,1-4H3. The molecule has 1 rings (SSSR count). The predicted molar refractivity (Wildman–Crippen MR) is 48.0 cm³/mol. The highest BCUT2D eigenvalue weighted by atomic mass is 16.6. The van der Waals surface area contributed by atoms with Crippen LogP contribution in [0, 0.1) is 0 Å². The fourth-order valence-corrected chi connectivity index (χ4v) is 1.36. The average molecular weight is 169 g/mol. The number of hydrogen-bond acceptors (Lipinski definition) is 3. The molecule has 0 saturated carbocycles. The van der Waals surface area contributed by atoms with Crippen LogP contribution in [0.1, 0.15) is 27.7 Å². The number of allylic oxidation sites excluding steroid dienone is 1. The number of aliphatic imine (C=N–C) groups is 1. The molecule has 0 radical (unpaired) electrons. The van der Waals surface area contributed by atoms with E-state index in [0.29, 0.717) is 5.90 Å². The van der Waals surface area contributed by atoms with Crippen LogP contribution >= 0.6 is 0 Å². The third kappa shape index (κ3) is 1.25. The van der Waals surface area contributed by atoms with Gasteiger partial charge in [-0.1, -0.05) is 12.2 Å². The molecule has 1 N–H and O–H groups in total. The van der Waals surface area contributed by atoms with Gasteiger partial charge in [-0.25, -0.2) is 4.99 Å². The molecule has 3 nitrogen and oxygen atoms in total. The smallest absolute Gasteiger partial charge is 0.235 e. The molecule has 0 aromatic heterocycles. The lowest BCUT2D eigenvalue weighted by Gasteiger charge is -2.29. The zero-order chi connectivity index (χ0) is 9.41. The first kappa shape index (κ1) is 9.26. The lowest BCUT2D eigenvalue weighted by molar-refractivity contribution is -0.147. The van der Waals surface area contributed by atoms with E-state index in [4.69, 9.17) is 4.74 Å². The van der Waals surface area contributed by atoms with Gasteiger partial charge >= 0.3 is 0 Å². The normalized spacial score (nSPS) is 41.6. The minimum Gasteiger partial charge on any atom is -0.447 e. The third-order valence-electron chi connectivity index (χ3n) is 2.17. The molecule has 0 amide bonds. The minimum atomic E-state index is -1.22. The van der Waals surface area contributed by atoms with Crippen molar-refractivity contribution in [2.24, 2.45) is 4.99 Å². The zero-order valence-corrected chi connectivity index (χ0v) is 7.96. The highest BCUT2D eigenvalue weighted by Crippen LogP contribution is 2.34. The van der Waals surface area contributed by atoms with Crippen LogP contribution in [-0.2, 0) is 4.74 Å². The van der Waals surface area contributed by atoms with Crippen LogP contribution < -0.4 is 0 Å². The quantitative estimate of drug-likeness (QED) is 0.604. The van der Waals surface area contributed by atoms with Gasteiger partial charge in [0.1, 0.15) is 5.54 Å².